The molecule has 1 aromatic heterocycles. The molecular weight excluding hydrogens is 334 g/mol. The molecule has 0 aliphatic carbocycles. The molecule has 0 bridgehead atoms. The van der Waals surface area contributed by atoms with Gasteiger partial charge in [0.2, 0.25) is 10.0 Å². The number of hydrogen-bond donors (Lipinski definition) is 0. The van der Waals surface area contributed by atoms with E-state index in [1.54, 1.807) is 23.9 Å². The monoisotopic (exact) mass is 353 g/mol. The summed E-state index contributed by atoms with van der Waals surface area (Å²) in [5.41, 5.74) is 1.07. The van der Waals surface area contributed by atoms with Crippen LogP contribution >= 0.6 is 11.3 Å². The van der Waals surface area contributed by atoms with Crippen LogP contribution in [-0.4, -0.2) is 45.6 Å². The van der Waals surface area contributed by atoms with Crippen LogP contribution in [0.25, 0.3) is 0 Å². The van der Waals surface area contributed by atoms with Crippen molar-refractivity contribution in [1.82, 2.24) is 4.31 Å². The lowest BCUT2D eigenvalue weighted by Crippen LogP contribution is -2.46. The molecule has 1 aliphatic heterocycles. The summed E-state index contributed by atoms with van der Waals surface area (Å²) >= 11 is 1.39. The van der Waals surface area contributed by atoms with Gasteiger partial charge < -0.3 is 9.47 Å². The molecule has 0 spiro atoms. The summed E-state index contributed by atoms with van der Waals surface area (Å²) in [5.74, 6) is 0.793. The minimum atomic E-state index is -3.42. The van der Waals surface area contributed by atoms with Gasteiger partial charge in [0.1, 0.15) is 5.75 Å². The van der Waals surface area contributed by atoms with Gasteiger partial charge in [-0.2, -0.15) is 15.6 Å². The van der Waals surface area contributed by atoms with Crippen LogP contribution in [0, 0.1) is 0 Å². The van der Waals surface area contributed by atoms with Gasteiger partial charge in [-0.3, -0.25) is 0 Å². The first-order chi connectivity index (χ1) is 11.1. The average Bonchev–Trinajstić information content (AvgIpc) is 3.10. The molecule has 124 valence electrons. The highest BCUT2D eigenvalue weighted by atomic mass is 32.2. The lowest BCUT2D eigenvalue weighted by Gasteiger charge is -2.32. The number of hydrogen-bond acceptors (Lipinski definition) is 5. The Morgan fingerprint density at radius 3 is 3.00 bits per heavy atom. The first kappa shape index (κ1) is 16.4. The Labute approximate surface area is 140 Å². The van der Waals surface area contributed by atoms with Gasteiger partial charge in [-0.15, -0.1) is 0 Å². The second-order valence-corrected chi connectivity index (χ2v) is 8.09. The normalized spacial score (nSPS) is 19.6. The molecule has 5 nitrogen and oxygen atoms in total. The topological polar surface area (TPSA) is 55.8 Å². The standard InChI is InChI=1S/C16H19NO4S2/c1-20-14-4-2-3-13(9-14)10-15-11-17(6-7-21-15)23(18,19)16-5-8-22-12-16/h2-5,8-9,12,15H,6-7,10-11H2,1H3/t15-/m0/s1. The first-order valence-corrected chi connectivity index (χ1v) is 9.75. The second kappa shape index (κ2) is 7.00. The highest BCUT2D eigenvalue weighted by Crippen LogP contribution is 2.22. The maximum Gasteiger partial charge on any atom is 0.244 e. The Hall–Kier alpha value is -1.41. The third kappa shape index (κ3) is 3.74. The van der Waals surface area contributed by atoms with Crippen molar-refractivity contribution in [2.75, 3.05) is 26.8 Å². The maximum atomic E-state index is 12.6. The van der Waals surface area contributed by atoms with Crippen LogP contribution in [0.5, 0.6) is 5.75 Å². The van der Waals surface area contributed by atoms with Gasteiger partial charge >= 0.3 is 0 Å². The van der Waals surface area contributed by atoms with Crippen LogP contribution in [0.2, 0.25) is 0 Å². The van der Waals surface area contributed by atoms with Gasteiger partial charge in [0.25, 0.3) is 0 Å². The SMILES string of the molecule is COc1cccc(C[C@H]2CN(S(=O)(=O)c3ccsc3)CCO2)c1. The number of nitrogens with zero attached hydrogens (tertiary/aromatic N) is 1. The fourth-order valence-corrected chi connectivity index (χ4v) is 5.12. The molecule has 2 aromatic rings. The minimum absolute atomic E-state index is 0.149. The van der Waals surface area contributed by atoms with Crippen LogP contribution in [0.4, 0.5) is 0 Å². The highest BCUT2D eigenvalue weighted by molar-refractivity contribution is 7.89. The first-order valence-electron chi connectivity index (χ1n) is 7.36. The number of thiophene rings is 1. The number of ether oxygens (including phenoxy) is 2. The van der Waals surface area contributed by atoms with E-state index in [0.29, 0.717) is 31.0 Å². The lowest BCUT2D eigenvalue weighted by molar-refractivity contribution is -0.000505. The Morgan fingerprint density at radius 2 is 2.26 bits per heavy atom. The zero-order valence-corrected chi connectivity index (χ0v) is 14.5. The second-order valence-electron chi connectivity index (χ2n) is 5.37. The van der Waals surface area contributed by atoms with Crippen LogP contribution in [-0.2, 0) is 21.2 Å². The molecule has 1 saturated heterocycles. The van der Waals surface area contributed by atoms with Crippen molar-refractivity contribution >= 4 is 21.4 Å². The van der Waals surface area contributed by atoms with E-state index in [9.17, 15) is 8.42 Å². The molecule has 3 rings (SSSR count). The molecule has 1 fully saturated rings. The van der Waals surface area contributed by atoms with Crippen molar-refractivity contribution < 1.29 is 17.9 Å². The maximum absolute atomic E-state index is 12.6. The summed E-state index contributed by atoms with van der Waals surface area (Å²) < 4.78 is 37.7. The summed E-state index contributed by atoms with van der Waals surface area (Å²) in [6.45, 7) is 1.18. The Bertz CT molecular complexity index is 743. The number of sulfonamides is 1. The number of benzene rings is 1. The molecule has 23 heavy (non-hydrogen) atoms. The molecule has 1 aromatic carbocycles. The Morgan fingerprint density at radius 1 is 1.39 bits per heavy atom. The summed E-state index contributed by atoms with van der Waals surface area (Å²) in [7, 11) is -1.79. The third-order valence-corrected chi connectivity index (χ3v) is 6.53. The van der Waals surface area contributed by atoms with Gasteiger partial charge in [0, 0.05) is 24.9 Å². The molecule has 0 saturated carbocycles. The van der Waals surface area contributed by atoms with Crippen molar-refractivity contribution in [3.8, 4) is 5.75 Å². The molecule has 2 heterocycles. The molecule has 0 N–H and O–H groups in total. The zero-order chi connectivity index (χ0) is 16.3. The lowest BCUT2D eigenvalue weighted by atomic mass is 10.1. The van der Waals surface area contributed by atoms with Crippen molar-refractivity contribution in [3.05, 3.63) is 46.7 Å². The van der Waals surface area contributed by atoms with Gasteiger partial charge in [0.05, 0.1) is 24.7 Å². The number of morpholine rings is 1. The fraction of sp³-hybridized carbons (Fsp3) is 0.375. The third-order valence-electron chi connectivity index (χ3n) is 3.83. The van der Waals surface area contributed by atoms with Gasteiger partial charge in [-0.1, -0.05) is 12.1 Å². The van der Waals surface area contributed by atoms with Crippen LogP contribution in [0.1, 0.15) is 5.56 Å². The Balaban J connectivity index is 1.71. The summed E-state index contributed by atoms with van der Waals surface area (Å²) in [5, 5.41) is 3.45. The molecule has 1 atom stereocenters. The molecule has 7 heteroatoms. The highest BCUT2D eigenvalue weighted by Gasteiger charge is 2.31. The summed E-state index contributed by atoms with van der Waals surface area (Å²) in [6.07, 6.45) is 0.511. The molecule has 1 aliphatic rings. The van der Waals surface area contributed by atoms with Crippen LogP contribution in [0.15, 0.2) is 46.0 Å². The van der Waals surface area contributed by atoms with Crippen LogP contribution in [0.3, 0.4) is 0 Å². The van der Waals surface area contributed by atoms with Crippen molar-refractivity contribution in [2.24, 2.45) is 0 Å². The smallest absolute Gasteiger partial charge is 0.244 e. The predicted octanol–water partition coefficient (Wildman–Crippen LogP) is 2.39. The quantitative estimate of drug-likeness (QED) is 0.828. The van der Waals surface area contributed by atoms with E-state index in [1.807, 2.05) is 24.3 Å². The van der Waals surface area contributed by atoms with Crippen molar-refractivity contribution in [1.29, 1.82) is 0 Å². The molecule has 0 amide bonds. The van der Waals surface area contributed by atoms with Crippen LogP contribution < -0.4 is 4.74 Å². The minimum Gasteiger partial charge on any atom is -0.497 e. The van der Waals surface area contributed by atoms with E-state index in [0.717, 1.165) is 11.3 Å². The van der Waals surface area contributed by atoms with E-state index in [2.05, 4.69) is 0 Å². The van der Waals surface area contributed by atoms with E-state index >= 15 is 0 Å². The zero-order valence-electron chi connectivity index (χ0n) is 12.8. The van der Waals surface area contributed by atoms with E-state index < -0.39 is 10.0 Å². The summed E-state index contributed by atoms with van der Waals surface area (Å²) in [6, 6.07) is 9.41. The Kier molecular flexibility index (Phi) is 5.01. The molecular formula is C16H19NO4S2. The van der Waals surface area contributed by atoms with E-state index in [4.69, 9.17) is 9.47 Å². The van der Waals surface area contributed by atoms with Gasteiger partial charge in [-0.05, 0) is 29.1 Å². The van der Waals surface area contributed by atoms with Gasteiger partial charge in [-0.25, -0.2) is 8.42 Å². The summed E-state index contributed by atoms with van der Waals surface area (Å²) in [4.78, 5) is 0.365. The number of methoxy groups -OCH3 is 1. The van der Waals surface area contributed by atoms with E-state index in [-0.39, 0.29) is 6.10 Å². The predicted molar refractivity (Wildman–Crippen MR) is 89.5 cm³/mol. The number of rotatable bonds is 5. The molecule has 0 unspecified atom stereocenters. The average molecular weight is 353 g/mol. The van der Waals surface area contributed by atoms with Crippen molar-refractivity contribution in [2.45, 2.75) is 17.4 Å². The molecule has 0 radical (unpaired) electrons. The van der Waals surface area contributed by atoms with E-state index in [1.165, 1.54) is 15.6 Å². The fourth-order valence-electron chi connectivity index (χ4n) is 2.64. The van der Waals surface area contributed by atoms with Crippen molar-refractivity contribution in [3.63, 3.8) is 0 Å². The largest absolute Gasteiger partial charge is 0.497 e. The van der Waals surface area contributed by atoms with Gasteiger partial charge in [0.15, 0.2) is 0 Å².